The monoisotopic (exact) mass is 174 g/mol. The van der Waals surface area contributed by atoms with Crippen LogP contribution in [0.2, 0.25) is 0 Å². The topological polar surface area (TPSA) is 69.9 Å². The van der Waals surface area contributed by atoms with Gasteiger partial charge in [-0.1, -0.05) is 0 Å². The standard InChI is InChI=1S/C8H14O4/c9-5-3-6(10)7-4(5)1-2-12-8(7)11/h4-11H,1-3H2/t4-,5+,6-,7-,8-/m0/s1. The Morgan fingerprint density at radius 1 is 1.08 bits per heavy atom. The van der Waals surface area contributed by atoms with Gasteiger partial charge in [0.05, 0.1) is 18.8 Å². The summed E-state index contributed by atoms with van der Waals surface area (Å²) in [6.45, 7) is 0.478. The van der Waals surface area contributed by atoms with Gasteiger partial charge in [-0.3, -0.25) is 0 Å². The lowest BCUT2D eigenvalue weighted by atomic mass is 9.88. The van der Waals surface area contributed by atoms with Crippen molar-refractivity contribution in [2.45, 2.75) is 31.3 Å². The van der Waals surface area contributed by atoms with Crippen LogP contribution in [0.15, 0.2) is 0 Å². The van der Waals surface area contributed by atoms with Crippen molar-refractivity contribution in [1.82, 2.24) is 0 Å². The van der Waals surface area contributed by atoms with Crippen molar-refractivity contribution < 1.29 is 20.1 Å². The first kappa shape index (κ1) is 8.44. The number of ether oxygens (including phenoxy) is 1. The molecule has 2 fully saturated rings. The Bertz CT molecular complexity index is 168. The van der Waals surface area contributed by atoms with Crippen LogP contribution in [0.4, 0.5) is 0 Å². The number of hydrogen-bond donors (Lipinski definition) is 3. The fraction of sp³-hybridized carbons (Fsp3) is 1.00. The zero-order valence-corrected chi connectivity index (χ0v) is 6.76. The summed E-state index contributed by atoms with van der Waals surface area (Å²) in [4.78, 5) is 0. The van der Waals surface area contributed by atoms with Gasteiger partial charge in [0, 0.05) is 5.92 Å². The smallest absolute Gasteiger partial charge is 0.160 e. The van der Waals surface area contributed by atoms with Gasteiger partial charge < -0.3 is 20.1 Å². The molecule has 0 unspecified atom stereocenters. The molecule has 12 heavy (non-hydrogen) atoms. The van der Waals surface area contributed by atoms with Gasteiger partial charge >= 0.3 is 0 Å². The van der Waals surface area contributed by atoms with Crippen molar-refractivity contribution in [2.24, 2.45) is 11.8 Å². The first-order chi connectivity index (χ1) is 5.70. The van der Waals surface area contributed by atoms with Gasteiger partial charge in [-0.05, 0) is 18.8 Å². The van der Waals surface area contributed by atoms with E-state index in [0.29, 0.717) is 13.0 Å². The lowest BCUT2D eigenvalue weighted by Gasteiger charge is -2.32. The maximum absolute atomic E-state index is 9.49. The largest absolute Gasteiger partial charge is 0.393 e. The summed E-state index contributed by atoms with van der Waals surface area (Å²) in [6.07, 6.45) is -0.866. The predicted octanol–water partition coefficient (Wildman–Crippen LogP) is -0.917. The van der Waals surface area contributed by atoms with E-state index in [-0.39, 0.29) is 11.8 Å². The lowest BCUT2D eigenvalue weighted by molar-refractivity contribution is -0.192. The molecular weight excluding hydrogens is 160 g/mol. The van der Waals surface area contributed by atoms with Gasteiger partial charge in [0.1, 0.15) is 0 Å². The van der Waals surface area contributed by atoms with Crippen LogP contribution in [0.25, 0.3) is 0 Å². The lowest BCUT2D eigenvalue weighted by Crippen LogP contribution is -2.40. The average Bonchev–Trinajstić information content (AvgIpc) is 2.29. The molecule has 70 valence electrons. The number of hydrogen-bond acceptors (Lipinski definition) is 4. The van der Waals surface area contributed by atoms with Gasteiger partial charge in [-0.15, -0.1) is 0 Å². The highest BCUT2D eigenvalue weighted by Gasteiger charge is 2.47. The summed E-state index contributed by atoms with van der Waals surface area (Å²) in [6, 6.07) is 0. The highest BCUT2D eigenvalue weighted by atomic mass is 16.6. The minimum absolute atomic E-state index is 0.0174. The third-order valence-electron chi connectivity index (χ3n) is 2.98. The minimum Gasteiger partial charge on any atom is -0.393 e. The summed E-state index contributed by atoms with van der Waals surface area (Å²) in [7, 11) is 0. The van der Waals surface area contributed by atoms with Crippen LogP contribution >= 0.6 is 0 Å². The van der Waals surface area contributed by atoms with E-state index in [4.69, 9.17) is 4.74 Å². The highest BCUT2D eigenvalue weighted by Crippen LogP contribution is 2.39. The number of aliphatic hydroxyl groups is 3. The zero-order valence-electron chi connectivity index (χ0n) is 6.76. The van der Waals surface area contributed by atoms with E-state index in [0.717, 1.165) is 6.42 Å². The molecule has 0 bridgehead atoms. The maximum atomic E-state index is 9.49. The van der Waals surface area contributed by atoms with Crippen molar-refractivity contribution >= 4 is 0 Å². The van der Waals surface area contributed by atoms with Gasteiger partial charge in [0.15, 0.2) is 6.29 Å². The van der Waals surface area contributed by atoms with Crippen molar-refractivity contribution in [3.8, 4) is 0 Å². The van der Waals surface area contributed by atoms with E-state index in [1.54, 1.807) is 0 Å². The molecule has 2 rings (SSSR count). The highest BCUT2D eigenvalue weighted by molar-refractivity contribution is 4.93. The molecule has 0 aromatic carbocycles. The quantitative estimate of drug-likeness (QED) is 0.444. The van der Waals surface area contributed by atoms with Crippen molar-refractivity contribution in [3.63, 3.8) is 0 Å². The first-order valence-corrected chi connectivity index (χ1v) is 4.36. The summed E-state index contributed by atoms with van der Waals surface area (Å²) < 4.78 is 4.99. The molecular formula is C8H14O4. The van der Waals surface area contributed by atoms with Crippen LogP contribution in [0, 0.1) is 11.8 Å². The van der Waals surface area contributed by atoms with Gasteiger partial charge in [0.2, 0.25) is 0 Å². The third-order valence-corrected chi connectivity index (χ3v) is 2.98. The Balaban J connectivity index is 2.13. The summed E-state index contributed by atoms with van der Waals surface area (Å²) in [5.41, 5.74) is 0. The fourth-order valence-electron chi connectivity index (χ4n) is 2.34. The van der Waals surface area contributed by atoms with Crippen LogP contribution in [0.3, 0.4) is 0 Å². The van der Waals surface area contributed by atoms with E-state index >= 15 is 0 Å². The summed E-state index contributed by atoms with van der Waals surface area (Å²) >= 11 is 0. The molecule has 1 aliphatic heterocycles. The average molecular weight is 174 g/mol. The Hall–Kier alpha value is -0.160. The van der Waals surface area contributed by atoms with Crippen LogP contribution in [0.1, 0.15) is 12.8 Å². The molecule has 3 N–H and O–H groups in total. The van der Waals surface area contributed by atoms with Crippen molar-refractivity contribution in [2.75, 3.05) is 6.61 Å². The van der Waals surface area contributed by atoms with Crippen LogP contribution < -0.4 is 0 Å². The normalized spacial score (nSPS) is 53.8. The number of aliphatic hydroxyl groups excluding tert-OH is 3. The second-order valence-corrected chi connectivity index (χ2v) is 3.66. The van der Waals surface area contributed by atoms with Gasteiger partial charge in [-0.25, -0.2) is 0 Å². The van der Waals surface area contributed by atoms with E-state index in [9.17, 15) is 15.3 Å². The Kier molecular flexibility index (Phi) is 2.08. The molecule has 1 saturated heterocycles. The Morgan fingerprint density at radius 3 is 2.50 bits per heavy atom. The zero-order chi connectivity index (χ0) is 8.72. The fourth-order valence-corrected chi connectivity index (χ4v) is 2.34. The molecule has 0 radical (unpaired) electrons. The Morgan fingerprint density at radius 2 is 1.83 bits per heavy atom. The molecule has 0 spiro atoms. The Labute approximate surface area is 70.8 Å². The minimum atomic E-state index is -0.893. The van der Waals surface area contributed by atoms with E-state index in [1.165, 1.54) is 0 Å². The predicted molar refractivity (Wildman–Crippen MR) is 40.2 cm³/mol. The second-order valence-electron chi connectivity index (χ2n) is 3.66. The number of rotatable bonds is 0. The van der Waals surface area contributed by atoms with Crippen LogP contribution in [0.5, 0.6) is 0 Å². The molecule has 0 aromatic rings. The van der Waals surface area contributed by atoms with Crippen molar-refractivity contribution in [1.29, 1.82) is 0 Å². The molecule has 0 amide bonds. The number of fused-ring (bicyclic) bond motifs is 1. The summed E-state index contributed by atoms with van der Waals surface area (Å²) in [5.74, 6) is -0.266. The molecule has 1 saturated carbocycles. The molecule has 4 nitrogen and oxygen atoms in total. The molecule has 0 aromatic heterocycles. The van der Waals surface area contributed by atoms with E-state index < -0.39 is 18.5 Å². The molecule has 4 heteroatoms. The third kappa shape index (κ3) is 1.15. The molecule has 1 aliphatic carbocycles. The summed E-state index contributed by atoms with van der Waals surface area (Å²) in [5, 5.41) is 28.3. The first-order valence-electron chi connectivity index (χ1n) is 4.36. The van der Waals surface area contributed by atoms with E-state index in [2.05, 4.69) is 0 Å². The SMILES string of the molecule is O[C@@H]1C[C@H](O)[C@@H]2[C@H]1CCO[C@@H]2O. The van der Waals surface area contributed by atoms with Gasteiger partial charge in [0.25, 0.3) is 0 Å². The van der Waals surface area contributed by atoms with Crippen molar-refractivity contribution in [3.05, 3.63) is 0 Å². The molecule has 5 atom stereocenters. The van der Waals surface area contributed by atoms with E-state index in [1.807, 2.05) is 0 Å². The van der Waals surface area contributed by atoms with Crippen LogP contribution in [-0.2, 0) is 4.74 Å². The van der Waals surface area contributed by atoms with Gasteiger partial charge in [-0.2, -0.15) is 0 Å². The molecule has 2 aliphatic rings. The molecule has 1 heterocycles. The maximum Gasteiger partial charge on any atom is 0.160 e. The second kappa shape index (κ2) is 2.96. The van der Waals surface area contributed by atoms with Crippen LogP contribution in [-0.4, -0.2) is 40.4 Å².